The molecule has 2 heterocycles. The second-order valence-electron chi connectivity index (χ2n) is 17.1. The fourth-order valence-corrected chi connectivity index (χ4v) is 9.50. The first kappa shape index (κ1) is 60.0. The van der Waals surface area contributed by atoms with Crippen LogP contribution in [0.4, 0.5) is 0 Å². The minimum Gasteiger partial charge on any atom is -0.370 e. The Hall–Kier alpha value is -6.10. The van der Waals surface area contributed by atoms with Gasteiger partial charge in [0, 0.05) is 31.1 Å². The van der Waals surface area contributed by atoms with Gasteiger partial charge in [0.25, 0.3) is 0 Å². The van der Waals surface area contributed by atoms with Gasteiger partial charge in [0.05, 0.1) is 19.0 Å². The Morgan fingerprint density at radius 1 is 0.714 bits per heavy atom. The van der Waals surface area contributed by atoms with Crippen LogP contribution in [-0.2, 0) is 47.9 Å². The van der Waals surface area contributed by atoms with Gasteiger partial charge in [-0.25, -0.2) is 0 Å². The Morgan fingerprint density at radius 3 is 1.83 bits per heavy atom. The summed E-state index contributed by atoms with van der Waals surface area (Å²) in [5.41, 5.74) is 38.9. The number of nitrogens with one attached hydrogen (secondary N) is 7. The quantitative estimate of drug-likeness (QED) is 0.0234. The summed E-state index contributed by atoms with van der Waals surface area (Å²) in [5, 5.41) is 18.2. The average molecular weight is 1030 g/mol. The van der Waals surface area contributed by atoms with Crippen molar-refractivity contribution in [2.24, 2.45) is 62.0 Å². The lowest BCUT2D eigenvalue weighted by Gasteiger charge is -2.31. The third-order valence-electron chi connectivity index (χ3n) is 11.6. The zero-order chi connectivity index (χ0) is 52.7. The van der Waals surface area contributed by atoms with Crippen LogP contribution in [0.5, 0.6) is 0 Å². The van der Waals surface area contributed by atoms with Crippen molar-refractivity contribution in [1.82, 2.24) is 42.1 Å². The summed E-state index contributed by atoms with van der Waals surface area (Å²) >= 11 is 0. The first-order valence-electron chi connectivity index (χ1n) is 23.1. The van der Waals surface area contributed by atoms with E-state index in [-0.39, 0.29) is 75.2 Å². The van der Waals surface area contributed by atoms with E-state index in [2.05, 4.69) is 47.2 Å². The minimum absolute atomic E-state index is 0.0260. The van der Waals surface area contributed by atoms with Gasteiger partial charge in [-0.2, -0.15) is 0 Å². The molecule has 0 aromatic heterocycles. The number of carbonyl (C=O) groups is 10. The van der Waals surface area contributed by atoms with E-state index in [0.717, 1.165) is 21.6 Å². The molecule has 2 aliphatic rings. The average Bonchev–Trinajstić information content (AvgIpc) is 3.80. The number of amides is 10. The summed E-state index contributed by atoms with van der Waals surface area (Å²) in [4.78, 5) is 144. The molecule has 10 amide bonds. The van der Waals surface area contributed by atoms with Crippen molar-refractivity contribution in [1.29, 1.82) is 0 Å². The van der Waals surface area contributed by atoms with E-state index in [0.29, 0.717) is 19.3 Å². The van der Waals surface area contributed by atoms with Crippen molar-refractivity contribution in [3.63, 3.8) is 0 Å². The van der Waals surface area contributed by atoms with Gasteiger partial charge in [0.1, 0.15) is 42.3 Å². The summed E-state index contributed by atoms with van der Waals surface area (Å²) in [7, 11) is 2.11. The Balaban J connectivity index is 2.62. The number of primary amides is 2. The Morgan fingerprint density at radius 2 is 1.26 bits per heavy atom. The van der Waals surface area contributed by atoms with Gasteiger partial charge in [-0.15, -0.1) is 0 Å². The van der Waals surface area contributed by atoms with E-state index >= 15 is 0 Å². The highest BCUT2D eigenvalue weighted by Crippen LogP contribution is 2.26. The van der Waals surface area contributed by atoms with E-state index in [9.17, 15) is 47.9 Å². The number of nitrogens with zero attached hydrogens (tertiary/aromatic N) is 3. The van der Waals surface area contributed by atoms with Gasteiger partial charge < -0.3 is 82.3 Å². The fraction of sp³-hybridized carbons (Fsp3) is 0.707. The van der Waals surface area contributed by atoms with Crippen LogP contribution in [0.2, 0.25) is 0 Å². The molecule has 0 radical (unpaired) electrons. The van der Waals surface area contributed by atoms with Gasteiger partial charge in [-0.3, -0.25) is 57.9 Å². The monoisotopic (exact) mass is 1030 g/mol. The van der Waals surface area contributed by atoms with Gasteiger partial charge in [-0.05, 0) is 50.4 Å². The topological polar surface area (TPSA) is 465 Å². The van der Waals surface area contributed by atoms with E-state index < -0.39 is 132 Å². The van der Waals surface area contributed by atoms with Gasteiger partial charge in [-0.1, -0.05) is 62.1 Å². The molecule has 2 aliphatic heterocycles. The zero-order valence-corrected chi connectivity index (χ0v) is 41.8. The summed E-state index contributed by atoms with van der Waals surface area (Å²) in [6, 6.07) is -10.4. The Kier molecular flexibility index (Phi) is 26.1. The van der Waals surface area contributed by atoms with Crippen molar-refractivity contribution in [3.8, 4) is 0 Å². The van der Waals surface area contributed by atoms with Crippen LogP contribution in [0.3, 0.4) is 0 Å². The van der Waals surface area contributed by atoms with E-state index in [4.69, 9.17) is 40.1 Å². The summed E-state index contributed by atoms with van der Waals surface area (Å²) in [6.07, 6.45) is 0.894. The number of hydrogen-bond donors (Lipinski definition) is 14. The van der Waals surface area contributed by atoms with Crippen LogP contribution < -0.4 is 77.4 Å². The van der Waals surface area contributed by atoms with E-state index in [1.165, 1.54) is 4.90 Å². The first-order valence-corrected chi connectivity index (χ1v) is 25.6. The second-order valence-corrected chi connectivity index (χ2v) is 19.7. The standard InChI is InChI=1S/C41H73N17O10S2/c1-5-20(3)30-37(66)53-24(11-8-14-50-41(47)48)34(63)54-25(16-28(43)59)35(64)55-26(19-70-69-18-22(42)32(61)56-31(21(4)6-2)38(67)57-30)39(68)58-15-9-12-27(58)36(65)52-23(10-7-13-49-40(45)46)33(62)51-17-29(44)60/h20-27,30-31H,5-19,42H2,1-4H3,(H2,43,59)(H2,44,60)(H,51,62)(H,52,65)(H,53,66)(H,54,63)(H,55,64)(H,56,61)(H,57,67)(H4,45,46,49)(H4,47,48,50)/t20-,21-,22-,23-,24-,25-,26-,27-,30?,31-/m0/s1. The molecular weight excluding hydrogens is 955 g/mol. The molecule has 2 fully saturated rings. The normalized spacial score (nSPS) is 24.4. The molecule has 0 aromatic carbocycles. The van der Waals surface area contributed by atoms with Gasteiger partial charge in [0.15, 0.2) is 11.9 Å². The highest BCUT2D eigenvalue weighted by Gasteiger charge is 2.41. The van der Waals surface area contributed by atoms with Crippen molar-refractivity contribution >= 4 is 92.6 Å². The predicted octanol–water partition coefficient (Wildman–Crippen LogP) is -5.72. The van der Waals surface area contributed by atoms with Gasteiger partial charge in [0.2, 0.25) is 59.1 Å². The number of nitrogens with two attached hydrogens (primary N) is 7. The van der Waals surface area contributed by atoms with Gasteiger partial charge >= 0.3 is 0 Å². The largest absolute Gasteiger partial charge is 0.370 e. The molecule has 70 heavy (non-hydrogen) atoms. The lowest BCUT2D eigenvalue weighted by Crippen LogP contribution is -2.62. The van der Waals surface area contributed by atoms with Crippen LogP contribution in [0.1, 0.15) is 85.5 Å². The lowest BCUT2D eigenvalue weighted by atomic mass is 9.94. The zero-order valence-electron chi connectivity index (χ0n) is 40.2. The maximum atomic E-state index is 14.5. The van der Waals surface area contributed by atoms with Crippen molar-refractivity contribution in [2.45, 2.75) is 134 Å². The number of carbonyl (C=O) groups excluding carboxylic acids is 10. The predicted molar refractivity (Wildman–Crippen MR) is 264 cm³/mol. The van der Waals surface area contributed by atoms with Crippen molar-refractivity contribution in [3.05, 3.63) is 0 Å². The van der Waals surface area contributed by atoms with Crippen LogP contribution in [-0.4, -0.2) is 162 Å². The minimum atomic E-state index is -1.70. The Labute approximate surface area is 414 Å². The number of guanidine groups is 2. The molecular formula is C41H73N17O10S2. The maximum Gasteiger partial charge on any atom is 0.246 e. The number of hydrogen-bond acceptors (Lipinski definition) is 15. The molecule has 0 spiro atoms. The molecule has 10 atom stereocenters. The third-order valence-corrected chi connectivity index (χ3v) is 14.0. The summed E-state index contributed by atoms with van der Waals surface area (Å²) < 4.78 is 0. The Bertz CT molecular complexity index is 1920. The summed E-state index contributed by atoms with van der Waals surface area (Å²) in [6.45, 7) is 6.74. The molecule has 21 N–H and O–H groups in total. The summed E-state index contributed by atoms with van der Waals surface area (Å²) in [5.74, 6) is -9.69. The fourth-order valence-electron chi connectivity index (χ4n) is 7.23. The first-order chi connectivity index (χ1) is 33.0. The van der Waals surface area contributed by atoms with Crippen molar-refractivity contribution < 1.29 is 47.9 Å². The third kappa shape index (κ3) is 20.5. The number of likely N-dealkylation sites (tertiary alicyclic amines) is 1. The van der Waals surface area contributed by atoms with E-state index in [1.807, 2.05) is 6.92 Å². The molecule has 27 nitrogen and oxygen atoms in total. The molecule has 2 saturated heterocycles. The molecule has 394 valence electrons. The molecule has 2 rings (SSSR count). The molecule has 29 heteroatoms. The molecule has 0 saturated carbocycles. The molecule has 1 unspecified atom stereocenters. The molecule has 0 bridgehead atoms. The smallest absolute Gasteiger partial charge is 0.246 e. The lowest BCUT2D eigenvalue weighted by molar-refractivity contribution is -0.142. The maximum absolute atomic E-state index is 14.5. The highest BCUT2D eigenvalue weighted by atomic mass is 33.1. The second kappa shape index (κ2) is 30.5. The number of rotatable bonds is 20. The van der Waals surface area contributed by atoms with Crippen LogP contribution >= 0.6 is 21.6 Å². The number of aliphatic imine (C=N–C) groups is 2. The van der Waals surface area contributed by atoms with E-state index in [1.54, 1.807) is 20.8 Å². The van der Waals surface area contributed by atoms with Crippen molar-refractivity contribution in [2.75, 3.05) is 37.7 Å². The molecule has 0 aromatic rings. The van der Waals surface area contributed by atoms with Crippen LogP contribution in [0.25, 0.3) is 0 Å². The van der Waals surface area contributed by atoms with Crippen LogP contribution in [0.15, 0.2) is 9.98 Å². The SMILES string of the molecule is CC[C@H](C)C1NC(=O)[C@H]([C@@H](C)CC)NC(=O)[C@@H](N)CSSC[C@@H](C(=O)N2CCC[C@H]2C(=O)N[C@@H](CCCN=C(N)N)C(=O)NCC(N)=O)NC(=O)[C@H](CC(N)=O)NC(=O)[C@H](CCCN=C(N)N)NC1=O. The van der Waals surface area contributed by atoms with Crippen LogP contribution in [0, 0.1) is 11.8 Å². The highest BCUT2D eigenvalue weighted by molar-refractivity contribution is 8.76. The molecule has 0 aliphatic carbocycles.